The Morgan fingerprint density at radius 2 is 1.69 bits per heavy atom. The molecule has 1 aliphatic heterocycles. The highest BCUT2D eigenvalue weighted by Gasteiger charge is 2.20. The lowest BCUT2D eigenvalue weighted by atomic mass is 10.1. The van der Waals surface area contributed by atoms with E-state index in [0.717, 1.165) is 54.5 Å². The molecule has 3 heterocycles. The first-order chi connectivity index (χ1) is 23.2. The topological polar surface area (TPSA) is 116 Å². The number of halogens is 2. The summed E-state index contributed by atoms with van der Waals surface area (Å²) in [6, 6.07) is 14.2. The number of hydrogen-bond donors (Lipinski definition) is 1. The van der Waals surface area contributed by atoms with E-state index in [9.17, 15) is 14.0 Å². The van der Waals surface area contributed by atoms with Crippen molar-refractivity contribution in [1.29, 1.82) is 0 Å². The third-order valence-electron chi connectivity index (χ3n) is 8.12. The van der Waals surface area contributed by atoms with Gasteiger partial charge in [-0.25, -0.2) is 13.6 Å². The molecular formula is C34H35F2N7O5. The largest absolute Gasteiger partial charge is 0.493 e. The highest BCUT2D eigenvalue weighted by Crippen LogP contribution is 2.38. The maximum atomic E-state index is 15.3. The van der Waals surface area contributed by atoms with Crippen molar-refractivity contribution in [2.24, 2.45) is 7.05 Å². The lowest BCUT2D eigenvalue weighted by molar-refractivity contribution is 0.101. The fourth-order valence-electron chi connectivity index (χ4n) is 5.38. The number of benzene rings is 3. The van der Waals surface area contributed by atoms with Crippen LogP contribution in [0, 0.1) is 11.6 Å². The van der Waals surface area contributed by atoms with E-state index in [1.54, 1.807) is 31.5 Å². The molecule has 6 rings (SSSR count). The van der Waals surface area contributed by atoms with Crippen LogP contribution in [0.25, 0.3) is 16.6 Å². The highest BCUT2D eigenvalue weighted by molar-refractivity contribution is 6.01. The first-order valence-corrected chi connectivity index (χ1v) is 15.4. The van der Waals surface area contributed by atoms with Crippen LogP contribution in [0.15, 0.2) is 71.7 Å². The smallest absolute Gasteiger partial charge is 0.350 e. The number of fused-ring (bicyclic) bond motifs is 1. The number of pyridine rings is 1. The predicted molar refractivity (Wildman–Crippen MR) is 176 cm³/mol. The van der Waals surface area contributed by atoms with Gasteiger partial charge in [0.2, 0.25) is 5.82 Å². The number of piperazine rings is 1. The minimum absolute atomic E-state index is 0.0864. The minimum atomic E-state index is -0.742. The van der Waals surface area contributed by atoms with Crippen LogP contribution in [0.2, 0.25) is 0 Å². The summed E-state index contributed by atoms with van der Waals surface area (Å²) in [4.78, 5) is 34.9. The molecule has 0 saturated carbocycles. The maximum Gasteiger partial charge on any atom is 0.350 e. The van der Waals surface area contributed by atoms with Crippen LogP contribution in [0.3, 0.4) is 0 Å². The van der Waals surface area contributed by atoms with Crippen LogP contribution in [0.1, 0.15) is 17.0 Å². The van der Waals surface area contributed by atoms with E-state index in [2.05, 4.69) is 32.2 Å². The zero-order chi connectivity index (χ0) is 33.8. The zero-order valence-corrected chi connectivity index (χ0v) is 26.8. The molecule has 0 bridgehead atoms. The molecule has 1 amide bonds. The van der Waals surface area contributed by atoms with Gasteiger partial charge in [-0.1, -0.05) is 0 Å². The van der Waals surface area contributed by atoms with Crippen LogP contribution in [-0.4, -0.2) is 88.5 Å². The van der Waals surface area contributed by atoms with Gasteiger partial charge < -0.3 is 29.3 Å². The van der Waals surface area contributed by atoms with Gasteiger partial charge >= 0.3 is 5.69 Å². The summed E-state index contributed by atoms with van der Waals surface area (Å²) in [6.07, 6.45) is 2.43. The lowest BCUT2D eigenvalue weighted by Gasteiger charge is -2.32. The summed E-state index contributed by atoms with van der Waals surface area (Å²) in [7, 11) is 5.06. The summed E-state index contributed by atoms with van der Waals surface area (Å²) < 4.78 is 48.2. The van der Waals surface area contributed by atoms with Crippen molar-refractivity contribution in [2.45, 2.75) is 6.42 Å². The van der Waals surface area contributed by atoms with E-state index in [1.807, 2.05) is 0 Å². The van der Waals surface area contributed by atoms with Crippen molar-refractivity contribution in [1.82, 2.24) is 29.1 Å². The Balaban J connectivity index is 1.13. The van der Waals surface area contributed by atoms with E-state index >= 15 is 4.39 Å². The quantitative estimate of drug-likeness (QED) is 0.205. The van der Waals surface area contributed by atoms with Crippen molar-refractivity contribution < 1.29 is 27.8 Å². The van der Waals surface area contributed by atoms with Crippen molar-refractivity contribution in [3.8, 4) is 28.7 Å². The molecule has 0 spiro atoms. The monoisotopic (exact) mass is 659 g/mol. The van der Waals surface area contributed by atoms with E-state index in [0.29, 0.717) is 34.8 Å². The number of aromatic nitrogens is 4. The SMILES string of the molecule is COc1cc2c(Oc3ccc(NC(=O)c4nn(-c5ccc(F)cc5)c(=O)n4C)cc3F)ccnc2cc1OCCCN1CCN(C)CC1. The number of likely N-dealkylation sites (N-methyl/N-ethyl adjacent to an activating group) is 1. The molecule has 1 aliphatic rings. The molecule has 12 nitrogen and oxygen atoms in total. The highest BCUT2D eigenvalue weighted by atomic mass is 19.1. The van der Waals surface area contributed by atoms with Crippen LogP contribution >= 0.6 is 0 Å². The van der Waals surface area contributed by atoms with Gasteiger partial charge in [-0.2, -0.15) is 4.68 Å². The van der Waals surface area contributed by atoms with Crippen molar-refractivity contribution in [2.75, 3.05) is 58.8 Å². The molecule has 5 aromatic rings. The molecule has 48 heavy (non-hydrogen) atoms. The molecule has 0 radical (unpaired) electrons. The second-order valence-electron chi connectivity index (χ2n) is 11.4. The lowest BCUT2D eigenvalue weighted by Crippen LogP contribution is -2.44. The second-order valence-corrected chi connectivity index (χ2v) is 11.4. The molecule has 3 aromatic carbocycles. The van der Waals surface area contributed by atoms with E-state index in [1.165, 1.54) is 43.4 Å². The van der Waals surface area contributed by atoms with Crippen molar-refractivity contribution in [3.05, 3.63) is 94.8 Å². The Hall–Kier alpha value is -5.34. The fourth-order valence-corrected chi connectivity index (χ4v) is 5.38. The molecule has 0 aliphatic carbocycles. The Morgan fingerprint density at radius 3 is 2.42 bits per heavy atom. The number of carbonyl (C=O) groups excluding carboxylic acids is 1. The number of carbonyl (C=O) groups is 1. The molecule has 1 N–H and O–H groups in total. The summed E-state index contributed by atoms with van der Waals surface area (Å²) in [5, 5.41) is 7.22. The number of methoxy groups -OCH3 is 1. The average molecular weight is 660 g/mol. The Labute approximate surface area is 275 Å². The number of hydrogen-bond acceptors (Lipinski definition) is 9. The first-order valence-electron chi connectivity index (χ1n) is 15.4. The number of amides is 1. The molecule has 1 saturated heterocycles. The summed E-state index contributed by atoms with van der Waals surface area (Å²) >= 11 is 0. The molecule has 2 aromatic heterocycles. The van der Waals surface area contributed by atoms with Gasteiger partial charge in [0.15, 0.2) is 23.1 Å². The standard InChI is InChI=1S/C34H35F2N7O5/c1-40-14-16-42(17-15-40)13-4-18-47-31-21-27-25(20-30(31)46-3)28(11-12-37-27)48-29-10-7-23(19-26(29)36)38-33(44)32-39-43(34(45)41(32)2)24-8-5-22(35)6-9-24/h5-12,19-21H,4,13-18H2,1-3H3,(H,38,44). The summed E-state index contributed by atoms with van der Waals surface area (Å²) in [5.74, 6) is -0.874. The Kier molecular flexibility index (Phi) is 9.64. The molecule has 1 fully saturated rings. The fraction of sp³-hybridized carbons (Fsp3) is 0.294. The number of nitrogens with one attached hydrogen (secondary N) is 1. The first kappa shape index (κ1) is 32.6. The van der Waals surface area contributed by atoms with Gasteiger partial charge in [0, 0.05) is 69.2 Å². The van der Waals surface area contributed by atoms with Crippen LogP contribution in [0.4, 0.5) is 14.5 Å². The number of rotatable bonds is 11. The average Bonchev–Trinajstić information content (AvgIpc) is 3.38. The Bertz CT molecular complexity index is 1990. The zero-order valence-electron chi connectivity index (χ0n) is 26.8. The van der Waals surface area contributed by atoms with Crippen LogP contribution in [-0.2, 0) is 7.05 Å². The third-order valence-corrected chi connectivity index (χ3v) is 8.12. The second kappa shape index (κ2) is 14.2. The summed E-state index contributed by atoms with van der Waals surface area (Å²) in [6.45, 7) is 5.71. The molecule has 14 heteroatoms. The van der Waals surface area contributed by atoms with Crippen molar-refractivity contribution >= 4 is 22.5 Å². The van der Waals surface area contributed by atoms with Gasteiger partial charge in [0.05, 0.1) is 24.9 Å². The normalized spacial score (nSPS) is 13.9. The van der Waals surface area contributed by atoms with Gasteiger partial charge in [-0.05, 0) is 62.0 Å². The molecule has 250 valence electrons. The minimum Gasteiger partial charge on any atom is -0.493 e. The van der Waals surface area contributed by atoms with E-state index in [-0.39, 0.29) is 22.9 Å². The van der Waals surface area contributed by atoms with Gasteiger partial charge in [-0.15, -0.1) is 5.10 Å². The van der Waals surface area contributed by atoms with Crippen LogP contribution < -0.4 is 25.2 Å². The number of anilines is 1. The van der Waals surface area contributed by atoms with Gasteiger partial charge in [0.25, 0.3) is 5.91 Å². The number of nitrogens with zero attached hydrogens (tertiary/aromatic N) is 6. The maximum absolute atomic E-state index is 15.3. The Morgan fingerprint density at radius 1 is 0.917 bits per heavy atom. The van der Waals surface area contributed by atoms with E-state index in [4.69, 9.17) is 14.2 Å². The number of ether oxygens (including phenoxy) is 3. The van der Waals surface area contributed by atoms with Gasteiger partial charge in [0.1, 0.15) is 11.6 Å². The van der Waals surface area contributed by atoms with Crippen molar-refractivity contribution in [3.63, 3.8) is 0 Å². The van der Waals surface area contributed by atoms with Crippen LogP contribution in [0.5, 0.6) is 23.0 Å². The third kappa shape index (κ3) is 7.14. The predicted octanol–water partition coefficient (Wildman–Crippen LogP) is 4.47. The molecular weight excluding hydrogens is 624 g/mol. The van der Waals surface area contributed by atoms with Gasteiger partial charge in [-0.3, -0.25) is 14.3 Å². The van der Waals surface area contributed by atoms with E-state index < -0.39 is 23.2 Å². The molecule has 0 unspecified atom stereocenters. The molecule has 0 atom stereocenters. The summed E-state index contributed by atoms with van der Waals surface area (Å²) in [5.41, 5.74) is 0.370.